The molecule has 0 bridgehead atoms. The Morgan fingerprint density at radius 1 is 1.06 bits per heavy atom. The molecule has 1 atom stereocenters. The van der Waals surface area contributed by atoms with Crippen molar-refractivity contribution in [2.45, 2.75) is 53.5 Å². The second kappa shape index (κ2) is 5.01. The fourth-order valence-electron chi connectivity index (χ4n) is 1.97. The van der Waals surface area contributed by atoms with Gasteiger partial charge in [0.1, 0.15) is 0 Å². The van der Waals surface area contributed by atoms with Gasteiger partial charge in [-0.05, 0) is 37.7 Å². The highest BCUT2D eigenvalue weighted by atomic mass is 14.7. The van der Waals surface area contributed by atoms with Crippen LogP contribution in [0, 0.1) is 19.3 Å². The molecule has 2 N–H and O–H groups in total. The van der Waals surface area contributed by atoms with Crippen LogP contribution in [-0.4, -0.2) is 6.04 Å². The summed E-state index contributed by atoms with van der Waals surface area (Å²) < 4.78 is 0. The molecule has 1 aromatic carbocycles. The molecule has 1 nitrogen and oxygen atoms in total. The molecule has 1 unspecified atom stereocenters. The Balaban J connectivity index is 2.61. The van der Waals surface area contributed by atoms with Crippen LogP contribution in [0.2, 0.25) is 0 Å². The van der Waals surface area contributed by atoms with Crippen LogP contribution in [0.15, 0.2) is 18.2 Å². The fraction of sp³-hybridized carbons (Fsp3) is 0.600. The quantitative estimate of drug-likeness (QED) is 0.825. The number of benzene rings is 1. The van der Waals surface area contributed by atoms with Gasteiger partial charge in [0.2, 0.25) is 0 Å². The second-order valence-corrected chi connectivity index (χ2v) is 6.01. The minimum Gasteiger partial charge on any atom is -0.327 e. The van der Waals surface area contributed by atoms with Crippen molar-refractivity contribution in [1.29, 1.82) is 0 Å². The minimum atomic E-state index is 0.207. The van der Waals surface area contributed by atoms with Crippen LogP contribution in [0.5, 0.6) is 0 Å². The van der Waals surface area contributed by atoms with Crippen LogP contribution < -0.4 is 5.73 Å². The Bertz CT molecular complexity index is 327. The van der Waals surface area contributed by atoms with Crippen LogP contribution in [-0.2, 0) is 6.42 Å². The topological polar surface area (TPSA) is 26.0 Å². The lowest BCUT2D eigenvalue weighted by atomic mass is 9.84. The van der Waals surface area contributed by atoms with Gasteiger partial charge in [0.25, 0.3) is 0 Å². The third-order valence-electron chi connectivity index (χ3n) is 3.14. The fourth-order valence-corrected chi connectivity index (χ4v) is 1.97. The minimum absolute atomic E-state index is 0.207. The van der Waals surface area contributed by atoms with E-state index in [0.717, 1.165) is 12.8 Å². The molecule has 0 fully saturated rings. The summed E-state index contributed by atoms with van der Waals surface area (Å²) in [6.45, 7) is 10.9. The number of nitrogens with two attached hydrogens (primary N) is 1. The molecule has 0 amide bonds. The molecule has 0 heterocycles. The van der Waals surface area contributed by atoms with Crippen molar-refractivity contribution in [3.8, 4) is 0 Å². The zero-order valence-corrected chi connectivity index (χ0v) is 11.3. The molecule has 1 rings (SSSR count). The first-order valence-electron chi connectivity index (χ1n) is 6.12. The van der Waals surface area contributed by atoms with Gasteiger partial charge in [-0.3, -0.25) is 0 Å². The van der Waals surface area contributed by atoms with Gasteiger partial charge in [0.05, 0.1) is 0 Å². The summed E-state index contributed by atoms with van der Waals surface area (Å²) in [7, 11) is 0. The van der Waals surface area contributed by atoms with E-state index in [9.17, 15) is 0 Å². The number of hydrogen-bond acceptors (Lipinski definition) is 1. The summed E-state index contributed by atoms with van der Waals surface area (Å²) in [5.41, 5.74) is 10.5. The highest BCUT2D eigenvalue weighted by Gasteiger charge is 2.19. The third-order valence-corrected chi connectivity index (χ3v) is 3.14. The Kier molecular flexibility index (Phi) is 4.15. The number of hydrogen-bond donors (Lipinski definition) is 1. The summed E-state index contributed by atoms with van der Waals surface area (Å²) in [5.74, 6) is 0. The van der Waals surface area contributed by atoms with Crippen molar-refractivity contribution >= 4 is 0 Å². The zero-order chi connectivity index (χ0) is 12.3. The van der Waals surface area contributed by atoms with Gasteiger partial charge in [-0.2, -0.15) is 0 Å². The van der Waals surface area contributed by atoms with Gasteiger partial charge in [0, 0.05) is 6.04 Å². The lowest BCUT2D eigenvalue weighted by Gasteiger charge is -2.27. The molecule has 0 spiro atoms. The van der Waals surface area contributed by atoms with Crippen molar-refractivity contribution in [1.82, 2.24) is 0 Å². The van der Waals surface area contributed by atoms with E-state index in [1.807, 2.05) is 0 Å². The summed E-state index contributed by atoms with van der Waals surface area (Å²) in [6, 6.07) is 7.02. The van der Waals surface area contributed by atoms with E-state index in [1.54, 1.807) is 0 Å². The van der Waals surface area contributed by atoms with Gasteiger partial charge in [-0.1, -0.05) is 50.1 Å². The van der Waals surface area contributed by atoms with E-state index in [-0.39, 0.29) is 11.5 Å². The molecule has 16 heavy (non-hydrogen) atoms. The van der Waals surface area contributed by atoms with E-state index >= 15 is 0 Å². The summed E-state index contributed by atoms with van der Waals surface area (Å²) in [5, 5.41) is 0. The largest absolute Gasteiger partial charge is 0.327 e. The normalized spacial score (nSPS) is 13.9. The first-order chi connectivity index (χ1) is 7.29. The summed E-state index contributed by atoms with van der Waals surface area (Å²) in [6.07, 6.45) is 2.15. The Hall–Kier alpha value is -0.820. The average molecular weight is 219 g/mol. The first kappa shape index (κ1) is 13.2. The predicted octanol–water partition coefficient (Wildman–Crippen LogP) is 3.61. The highest BCUT2D eigenvalue weighted by molar-refractivity contribution is 5.28. The summed E-state index contributed by atoms with van der Waals surface area (Å²) in [4.78, 5) is 0. The molecule has 0 saturated heterocycles. The van der Waals surface area contributed by atoms with Gasteiger partial charge in [-0.15, -0.1) is 0 Å². The lowest BCUT2D eigenvalue weighted by Crippen LogP contribution is -2.35. The number of aryl methyl sites for hydroxylation is 3. The van der Waals surface area contributed by atoms with Crippen molar-refractivity contribution in [2.75, 3.05) is 0 Å². The van der Waals surface area contributed by atoms with Gasteiger partial charge in [0.15, 0.2) is 0 Å². The maximum Gasteiger partial charge on any atom is 0.00908 e. The first-order valence-corrected chi connectivity index (χ1v) is 6.12. The van der Waals surface area contributed by atoms with Crippen LogP contribution in [0.25, 0.3) is 0 Å². The Labute approximate surface area is 100 Å². The molecule has 90 valence electrons. The zero-order valence-electron chi connectivity index (χ0n) is 11.3. The maximum absolute atomic E-state index is 6.17. The molecule has 0 aliphatic heterocycles. The molecular formula is C15H25N. The molecular weight excluding hydrogens is 194 g/mol. The van der Waals surface area contributed by atoms with Gasteiger partial charge < -0.3 is 5.73 Å². The molecule has 0 aromatic heterocycles. The van der Waals surface area contributed by atoms with E-state index in [2.05, 4.69) is 52.8 Å². The molecule has 0 aliphatic rings. The van der Waals surface area contributed by atoms with Crippen LogP contribution >= 0.6 is 0 Å². The third kappa shape index (κ3) is 3.97. The van der Waals surface area contributed by atoms with Crippen LogP contribution in [0.3, 0.4) is 0 Å². The standard InChI is InChI=1S/C15H25N/c1-11-8-12(2)10-13(9-11)6-7-14(16)15(3,4)5/h8-10,14H,6-7,16H2,1-5H3. The van der Waals surface area contributed by atoms with E-state index in [1.165, 1.54) is 16.7 Å². The van der Waals surface area contributed by atoms with E-state index < -0.39 is 0 Å². The Morgan fingerprint density at radius 2 is 1.56 bits per heavy atom. The van der Waals surface area contributed by atoms with Crippen molar-refractivity contribution in [3.63, 3.8) is 0 Å². The van der Waals surface area contributed by atoms with E-state index in [0.29, 0.717) is 0 Å². The summed E-state index contributed by atoms with van der Waals surface area (Å²) >= 11 is 0. The average Bonchev–Trinajstić information content (AvgIpc) is 2.11. The van der Waals surface area contributed by atoms with Gasteiger partial charge in [-0.25, -0.2) is 0 Å². The van der Waals surface area contributed by atoms with Gasteiger partial charge >= 0.3 is 0 Å². The van der Waals surface area contributed by atoms with Crippen molar-refractivity contribution < 1.29 is 0 Å². The smallest absolute Gasteiger partial charge is 0.00908 e. The molecule has 0 saturated carbocycles. The molecule has 1 aromatic rings. The SMILES string of the molecule is Cc1cc(C)cc(CCC(N)C(C)(C)C)c1. The van der Waals surface area contributed by atoms with Crippen LogP contribution in [0.4, 0.5) is 0 Å². The monoisotopic (exact) mass is 219 g/mol. The maximum atomic E-state index is 6.17. The highest BCUT2D eigenvalue weighted by Crippen LogP contribution is 2.21. The molecule has 1 heteroatoms. The number of rotatable bonds is 3. The van der Waals surface area contributed by atoms with Crippen LogP contribution in [0.1, 0.15) is 43.9 Å². The van der Waals surface area contributed by atoms with Crippen molar-refractivity contribution in [2.24, 2.45) is 11.1 Å². The predicted molar refractivity (Wildman–Crippen MR) is 71.7 cm³/mol. The Morgan fingerprint density at radius 3 is 2.00 bits per heavy atom. The van der Waals surface area contributed by atoms with E-state index in [4.69, 9.17) is 5.73 Å². The van der Waals surface area contributed by atoms with Crippen molar-refractivity contribution in [3.05, 3.63) is 34.9 Å². The lowest BCUT2D eigenvalue weighted by molar-refractivity contribution is 0.306. The molecule has 0 aliphatic carbocycles. The molecule has 0 radical (unpaired) electrons. The second-order valence-electron chi connectivity index (χ2n) is 6.01.